The Hall–Kier alpha value is -7.11. The first kappa shape index (κ1) is 67.0. The van der Waals surface area contributed by atoms with Gasteiger partial charge in [-0.2, -0.15) is 0 Å². The van der Waals surface area contributed by atoms with Gasteiger partial charge in [-0.3, -0.25) is 47.9 Å². The summed E-state index contributed by atoms with van der Waals surface area (Å²) in [4.78, 5) is 164. The van der Waals surface area contributed by atoms with Gasteiger partial charge in [0.05, 0.1) is 6.10 Å². The van der Waals surface area contributed by atoms with E-state index in [4.69, 9.17) is 0 Å². The van der Waals surface area contributed by atoms with Gasteiger partial charge in [0.15, 0.2) is 0 Å². The van der Waals surface area contributed by atoms with Crippen LogP contribution in [0, 0.1) is 29.6 Å². The minimum atomic E-state index is -1.30. The number of hydrogen-bond donors (Lipinski definition) is 9. The fourth-order valence-corrected chi connectivity index (χ4v) is 12.2. The van der Waals surface area contributed by atoms with Crippen molar-refractivity contribution in [1.82, 2.24) is 56.8 Å². The maximum absolute atomic E-state index is 15.3. The third-order valence-corrected chi connectivity index (χ3v) is 16.9. The smallest absolute Gasteiger partial charge is 0.326 e. The largest absolute Gasteiger partial charge is 0.480 e. The van der Waals surface area contributed by atoms with Gasteiger partial charge in [-0.1, -0.05) is 106 Å². The van der Waals surface area contributed by atoms with Gasteiger partial charge in [-0.05, 0) is 92.9 Å². The normalized spacial score (nSPS) is 27.6. The van der Waals surface area contributed by atoms with Crippen LogP contribution in [0.5, 0.6) is 0 Å². The molecule has 10 amide bonds. The van der Waals surface area contributed by atoms with Gasteiger partial charge in [0.25, 0.3) is 5.91 Å². The van der Waals surface area contributed by atoms with E-state index in [1.165, 1.54) is 19.6 Å². The number of carboxylic acid groups (broad SMARTS) is 1. The Morgan fingerprint density at radius 1 is 0.635 bits per heavy atom. The fourth-order valence-electron chi connectivity index (χ4n) is 12.2. The summed E-state index contributed by atoms with van der Waals surface area (Å²) in [7, 11) is 0. The molecule has 6 rings (SSSR count). The number of carbonyl (C=O) groups is 11. The van der Waals surface area contributed by atoms with Crippen LogP contribution in [0.3, 0.4) is 0 Å². The topological polar surface area (TPSA) is 325 Å². The van der Waals surface area contributed by atoms with E-state index in [0.29, 0.717) is 37.7 Å². The molecule has 5 aliphatic rings. The molecule has 4 saturated heterocycles. The Kier molecular flexibility index (Phi) is 23.9. The van der Waals surface area contributed by atoms with E-state index in [-0.39, 0.29) is 88.9 Å². The summed E-state index contributed by atoms with van der Waals surface area (Å²) in [6.07, 6.45) is 2.47. The van der Waals surface area contributed by atoms with E-state index >= 15 is 9.59 Å². The number of fused-ring (bicyclic) bond motifs is 3. The van der Waals surface area contributed by atoms with Crippen LogP contribution in [-0.2, 0) is 59.2 Å². The summed E-state index contributed by atoms with van der Waals surface area (Å²) in [5.41, 5.74) is 0.230. The lowest BCUT2D eigenvalue weighted by molar-refractivity contribution is -0.148. The predicted molar refractivity (Wildman–Crippen MR) is 314 cm³/mol. The van der Waals surface area contributed by atoms with Crippen LogP contribution in [0.25, 0.3) is 0 Å². The lowest BCUT2D eigenvalue weighted by Crippen LogP contribution is -2.60. The molecule has 0 radical (unpaired) electrons. The van der Waals surface area contributed by atoms with Gasteiger partial charge in [-0.15, -0.1) is 0 Å². The van der Waals surface area contributed by atoms with Crippen LogP contribution >= 0.6 is 0 Å². The van der Waals surface area contributed by atoms with Crippen molar-refractivity contribution in [2.75, 3.05) is 26.2 Å². The number of rotatable bonds is 17. The Labute approximate surface area is 499 Å². The lowest BCUT2D eigenvalue weighted by atomic mass is 9.97. The summed E-state index contributed by atoms with van der Waals surface area (Å²) in [5.74, 6) is -9.51. The average Bonchev–Trinajstić information content (AvgIpc) is 2.93. The number of hydrogen-bond acceptors (Lipinski definition) is 13. The molecule has 9 N–H and O–H groups in total. The molecule has 24 heteroatoms. The van der Waals surface area contributed by atoms with Crippen molar-refractivity contribution < 1.29 is 63.0 Å². The van der Waals surface area contributed by atoms with Gasteiger partial charge in [0.2, 0.25) is 53.2 Å². The van der Waals surface area contributed by atoms with E-state index in [1.54, 1.807) is 51.1 Å². The minimum absolute atomic E-state index is 0.000827. The monoisotopic (exact) mass is 1190 g/mol. The highest BCUT2D eigenvalue weighted by Gasteiger charge is 2.47. The number of amides is 10. The molecular formula is C61H93N11O13. The highest BCUT2D eigenvalue weighted by Crippen LogP contribution is 2.29. The maximum atomic E-state index is 15.3. The first-order valence-corrected chi connectivity index (χ1v) is 30.7. The zero-order valence-electron chi connectivity index (χ0n) is 51.2. The van der Waals surface area contributed by atoms with Gasteiger partial charge in [0.1, 0.15) is 66.1 Å². The molecular weight excluding hydrogens is 1090 g/mol. The Balaban J connectivity index is 1.41. The number of likely N-dealkylation sites (tertiary alicyclic amines) is 1. The molecule has 4 fully saturated rings. The lowest BCUT2D eigenvalue weighted by Gasteiger charge is -2.35. The van der Waals surface area contributed by atoms with Crippen molar-refractivity contribution >= 4 is 65.0 Å². The molecule has 0 saturated carbocycles. The highest BCUT2D eigenvalue weighted by atomic mass is 16.4. The van der Waals surface area contributed by atoms with E-state index in [1.807, 2.05) is 48.5 Å². The Morgan fingerprint density at radius 2 is 1.24 bits per heavy atom. The van der Waals surface area contributed by atoms with Crippen molar-refractivity contribution in [2.24, 2.45) is 29.6 Å². The van der Waals surface area contributed by atoms with Crippen molar-refractivity contribution in [3.63, 3.8) is 0 Å². The number of aliphatic hydroxyl groups excluding tert-OH is 1. The van der Waals surface area contributed by atoms with Gasteiger partial charge < -0.3 is 67.0 Å². The zero-order chi connectivity index (χ0) is 62.6. The van der Waals surface area contributed by atoms with Crippen molar-refractivity contribution in [3.05, 3.63) is 47.8 Å². The third kappa shape index (κ3) is 17.3. The van der Waals surface area contributed by atoms with E-state index < -0.39 is 149 Å². The van der Waals surface area contributed by atoms with Gasteiger partial charge in [-0.25, -0.2) is 4.79 Å². The quantitative estimate of drug-likeness (QED) is 0.107. The summed E-state index contributed by atoms with van der Waals surface area (Å²) in [5, 5.41) is 40.9. The number of aliphatic hydroxyl groups is 1. The van der Waals surface area contributed by atoms with Gasteiger partial charge >= 0.3 is 5.97 Å². The molecule has 470 valence electrons. The molecule has 5 aliphatic heterocycles. The summed E-state index contributed by atoms with van der Waals surface area (Å²) in [6, 6.07) is -3.04. The molecule has 1 aromatic carbocycles. The predicted octanol–water partition coefficient (Wildman–Crippen LogP) is 1.44. The Morgan fingerprint density at radius 3 is 1.85 bits per heavy atom. The molecule has 0 aromatic heterocycles. The molecule has 12 atom stereocenters. The molecule has 0 aliphatic carbocycles. The molecule has 0 bridgehead atoms. The van der Waals surface area contributed by atoms with Crippen LogP contribution in [-0.4, -0.2) is 188 Å². The fraction of sp³-hybridized carbons (Fsp3) is 0.689. The average molecular weight is 1190 g/mol. The number of nitrogens with zero attached hydrogens (tertiary/aromatic N) is 4. The Bertz CT molecular complexity index is 2630. The van der Waals surface area contributed by atoms with Crippen molar-refractivity contribution in [3.8, 4) is 0 Å². The van der Waals surface area contributed by atoms with Crippen molar-refractivity contribution in [1.29, 1.82) is 0 Å². The minimum Gasteiger partial charge on any atom is -0.480 e. The molecule has 1 unspecified atom stereocenters. The summed E-state index contributed by atoms with van der Waals surface area (Å²) in [6.45, 7) is 18.2. The standard InChI is InChI=1S/C61H93N11O13/c1-11-37(10)50-60(83)72-32-39(73)30-48(72)55(78)68-49(36(8)9)56(79)65-42(27-34(4)5)57(80)71-25-17-22-47(71)59(82)70-24-16-21-46(70)54(77)63-40(26-33(2)3)51(74)67-44(31-62-50)58(81)69-23-15-20-45(69)53(76)64-41(29-38-18-13-12-14-19-38)52(75)66-43(61(84)85)28-35(6)7/h12-14,18-19,31,33-37,39-43,45-50,62,73H,11,15-17,20-30,32H2,1-10H3,(H,63,77)(H,64,76)(H,65,79)(H,66,75)(H,67,74)(H,68,78)(H,84,85)/b44-31-/t37?,39-,40+,41+,42+,43+,45+,46+,47+,48+,49+,50+/m1/s1. The van der Waals surface area contributed by atoms with Crippen LogP contribution in [0.1, 0.15) is 145 Å². The summed E-state index contributed by atoms with van der Waals surface area (Å²) < 4.78 is 0. The second-order valence-corrected chi connectivity index (χ2v) is 25.4. The molecule has 1 aromatic rings. The van der Waals surface area contributed by atoms with Crippen LogP contribution in [0.15, 0.2) is 42.2 Å². The molecule has 24 nitrogen and oxygen atoms in total. The number of nitrogens with one attached hydrogen (secondary N) is 7. The van der Waals surface area contributed by atoms with E-state index in [2.05, 4.69) is 37.2 Å². The molecule has 5 heterocycles. The maximum Gasteiger partial charge on any atom is 0.326 e. The highest BCUT2D eigenvalue weighted by molar-refractivity contribution is 6.03. The van der Waals surface area contributed by atoms with Crippen LogP contribution in [0.2, 0.25) is 0 Å². The summed E-state index contributed by atoms with van der Waals surface area (Å²) >= 11 is 0. The first-order chi connectivity index (χ1) is 40.2. The zero-order valence-corrected chi connectivity index (χ0v) is 51.2. The molecule has 0 spiro atoms. The third-order valence-electron chi connectivity index (χ3n) is 16.9. The van der Waals surface area contributed by atoms with E-state index in [0.717, 1.165) is 6.20 Å². The number of benzene rings is 1. The second kappa shape index (κ2) is 30.3. The van der Waals surface area contributed by atoms with Crippen molar-refractivity contribution in [2.45, 2.75) is 213 Å². The number of carboxylic acids is 1. The number of aliphatic carboxylic acids is 1. The second-order valence-electron chi connectivity index (χ2n) is 25.4. The van der Waals surface area contributed by atoms with Crippen LogP contribution < -0.4 is 37.2 Å². The van der Waals surface area contributed by atoms with Gasteiger partial charge in [0, 0.05) is 45.2 Å². The first-order valence-electron chi connectivity index (χ1n) is 30.7. The number of carbonyl (C=O) groups excluding carboxylic acids is 10. The molecule has 85 heavy (non-hydrogen) atoms. The SMILES string of the molecule is CCC(C)[C@@H]1N/C=C(/C(=O)N2CCC[C@H]2C(=O)N[C@@H](Cc2ccccc2)C(=O)N[C@@H](CC(C)C)C(=O)O)NC(=O)[C@H](CC(C)C)NC(=O)[C@@H]2CCCN2C(=O)[C@@H]2CCCN2C(=O)[C@H](CC(C)C)NC(=O)[C@H](C(C)C)NC(=O)[C@@H]2C[C@@H](O)CN2C1=O. The van der Waals surface area contributed by atoms with Crippen LogP contribution in [0.4, 0.5) is 0 Å². The van der Waals surface area contributed by atoms with E-state index in [9.17, 15) is 53.4 Å².